The molecule has 1 saturated carbocycles. The monoisotopic (exact) mass is 197 g/mol. The maximum atomic E-state index is 11.0. The van der Waals surface area contributed by atoms with Gasteiger partial charge in [0, 0.05) is 6.04 Å². The van der Waals surface area contributed by atoms with E-state index in [2.05, 4.69) is 0 Å². The highest BCUT2D eigenvalue weighted by Crippen LogP contribution is 2.32. The van der Waals surface area contributed by atoms with Gasteiger partial charge in [0.25, 0.3) is 0 Å². The van der Waals surface area contributed by atoms with E-state index in [4.69, 9.17) is 5.11 Å². The van der Waals surface area contributed by atoms with Crippen molar-refractivity contribution < 1.29 is 9.90 Å². The fourth-order valence-corrected chi connectivity index (χ4v) is 2.28. The molecule has 1 aliphatic rings. The standard InChI is InChI=1S/C9H11NO2S/c11-9(12)10(7-3-1-4-7)8-5-2-6-13-8/h2,5-7H,1,3-4H2,(H,11,12). The summed E-state index contributed by atoms with van der Waals surface area (Å²) in [4.78, 5) is 12.5. The summed E-state index contributed by atoms with van der Waals surface area (Å²) in [5, 5.41) is 11.8. The summed E-state index contributed by atoms with van der Waals surface area (Å²) in [6, 6.07) is 3.96. The first kappa shape index (κ1) is 8.56. The zero-order valence-electron chi connectivity index (χ0n) is 7.14. The predicted octanol–water partition coefficient (Wildman–Crippen LogP) is 2.79. The molecule has 4 heteroatoms. The molecule has 2 rings (SSSR count). The van der Waals surface area contributed by atoms with Crippen molar-refractivity contribution in [1.29, 1.82) is 0 Å². The summed E-state index contributed by atoms with van der Waals surface area (Å²) >= 11 is 1.48. The van der Waals surface area contributed by atoms with E-state index in [1.54, 1.807) is 0 Å². The normalized spacial score (nSPS) is 16.6. The summed E-state index contributed by atoms with van der Waals surface area (Å²) in [5.41, 5.74) is 0. The van der Waals surface area contributed by atoms with Crippen LogP contribution in [0.25, 0.3) is 0 Å². The van der Waals surface area contributed by atoms with Crippen LogP contribution in [0.2, 0.25) is 0 Å². The van der Waals surface area contributed by atoms with Gasteiger partial charge in [-0.15, -0.1) is 11.3 Å². The third kappa shape index (κ3) is 1.54. The van der Waals surface area contributed by atoms with Gasteiger partial charge in [-0.25, -0.2) is 4.79 Å². The van der Waals surface area contributed by atoms with Crippen molar-refractivity contribution in [3.8, 4) is 0 Å². The number of nitrogens with zero attached hydrogens (tertiary/aromatic N) is 1. The maximum Gasteiger partial charge on any atom is 0.412 e. The van der Waals surface area contributed by atoms with E-state index in [-0.39, 0.29) is 6.04 Å². The molecule has 0 spiro atoms. The van der Waals surface area contributed by atoms with Gasteiger partial charge in [0.2, 0.25) is 0 Å². The first-order valence-corrected chi connectivity index (χ1v) is 5.22. The average molecular weight is 197 g/mol. The third-order valence-electron chi connectivity index (χ3n) is 2.39. The largest absolute Gasteiger partial charge is 0.465 e. The summed E-state index contributed by atoms with van der Waals surface area (Å²) in [7, 11) is 0. The smallest absolute Gasteiger partial charge is 0.412 e. The molecule has 1 N–H and O–H groups in total. The average Bonchev–Trinajstić information content (AvgIpc) is 2.46. The van der Waals surface area contributed by atoms with Crippen molar-refractivity contribution in [1.82, 2.24) is 0 Å². The molecule has 1 amide bonds. The second-order valence-electron chi connectivity index (χ2n) is 3.19. The lowest BCUT2D eigenvalue weighted by Crippen LogP contribution is -2.43. The molecule has 0 unspecified atom stereocenters. The molecule has 0 aromatic carbocycles. The van der Waals surface area contributed by atoms with Crippen LogP contribution in [-0.4, -0.2) is 17.2 Å². The highest BCUT2D eigenvalue weighted by molar-refractivity contribution is 7.14. The lowest BCUT2D eigenvalue weighted by atomic mass is 9.92. The molecule has 1 aromatic heterocycles. The van der Waals surface area contributed by atoms with E-state index in [1.165, 1.54) is 16.2 Å². The van der Waals surface area contributed by atoms with Crippen LogP contribution in [0.4, 0.5) is 9.80 Å². The van der Waals surface area contributed by atoms with Crippen molar-refractivity contribution in [3.63, 3.8) is 0 Å². The Morgan fingerprint density at radius 3 is 2.77 bits per heavy atom. The lowest BCUT2D eigenvalue weighted by Gasteiger charge is -2.34. The number of carboxylic acid groups (broad SMARTS) is 1. The van der Waals surface area contributed by atoms with Crippen LogP contribution in [0.3, 0.4) is 0 Å². The number of anilines is 1. The zero-order valence-corrected chi connectivity index (χ0v) is 7.96. The molecular weight excluding hydrogens is 186 g/mol. The first-order chi connectivity index (χ1) is 6.29. The van der Waals surface area contributed by atoms with Gasteiger partial charge in [-0.1, -0.05) is 0 Å². The Labute approximate surface area is 80.6 Å². The van der Waals surface area contributed by atoms with Gasteiger partial charge in [0.05, 0.1) is 0 Å². The fourth-order valence-electron chi connectivity index (χ4n) is 1.48. The SMILES string of the molecule is O=C(O)N(c1cccs1)C1CCC1. The Kier molecular flexibility index (Phi) is 2.22. The van der Waals surface area contributed by atoms with Gasteiger partial charge < -0.3 is 5.11 Å². The van der Waals surface area contributed by atoms with Gasteiger partial charge >= 0.3 is 6.09 Å². The molecule has 1 fully saturated rings. The molecule has 0 saturated heterocycles. The molecule has 0 bridgehead atoms. The number of rotatable bonds is 2. The first-order valence-electron chi connectivity index (χ1n) is 4.34. The van der Waals surface area contributed by atoms with E-state index < -0.39 is 6.09 Å². The highest BCUT2D eigenvalue weighted by atomic mass is 32.1. The van der Waals surface area contributed by atoms with Gasteiger partial charge in [-0.05, 0) is 36.8 Å². The van der Waals surface area contributed by atoms with Crippen LogP contribution in [0, 0.1) is 0 Å². The summed E-state index contributed by atoms with van der Waals surface area (Å²) in [6.45, 7) is 0. The molecule has 0 aliphatic heterocycles. The Morgan fingerprint density at radius 1 is 1.62 bits per heavy atom. The Balaban J connectivity index is 2.18. The quantitative estimate of drug-likeness (QED) is 0.792. The predicted molar refractivity (Wildman–Crippen MR) is 52.5 cm³/mol. The maximum absolute atomic E-state index is 11.0. The van der Waals surface area contributed by atoms with Crippen molar-refractivity contribution in [3.05, 3.63) is 17.5 Å². The molecular formula is C9H11NO2S. The molecule has 1 aliphatic carbocycles. The summed E-state index contributed by atoms with van der Waals surface area (Å²) in [5.74, 6) is 0. The van der Waals surface area contributed by atoms with Crippen LogP contribution >= 0.6 is 11.3 Å². The van der Waals surface area contributed by atoms with Crippen LogP contribution in [0.15, 0.2) is 17.5 Å². The summed E-state index contributed by atoms with van der Waals surface area (Å²) in [6.07, 6.45) is 2.33. The van der Waals surface area contributed by atoms with Crippen LogP contribution in [0.1, 0.15) is 19.3 Å². The minimum Gasteiger partial charge on any atom is -0.465 e. The number of carbonyl (C=O) groups is 1. The van der Waals surface area contributed by atoms with Gasteiger partial charge in [-0.3, -0.25) is 4.90 Å². The van der Waals surface area contributed by atoms with E-state index >= 15 is 0 Å². The molecule has 0 atom stereocenters. The van der Waals surface area contributed by atoms with Crippen molar-refractivity contribution in [2.75, 3.05) is 4.90 Å². The Hall–Kier alpha value is -1.03. The molecule has 70 valence electrons. The second-order valence-corrected chi connectivity index (χ2v) is 4.11. The van der Waals surface area contributed by atoms with E-state index in [9.17, 15) is 4.79 Å². The molecule has 1 heterocycles. The molecule has 1 aromatic rings. The summed E-state index contributed by atoms with van der Waals surface area (Å²) < 4.78 is 0. The number of thiophene rings is 1. The third-order valence-corrected chi connectivity index (χ3v) is 3.26. The van der Waals surface area contributed by atoms with Crippen LogP contribution < -0.4 is 4.90 Å². The second kappa shape index (κ2) is 3.38. The minimum atomic E-state index is -0.827. The molecule has 13 heavy (non-hydrogen) atoms. The lowest BCUT2D eigenvalue weighted by molar-refractivity contribution is 0.194. The van der Waals surface area contributed by atoms with Gasteiger partial charge in [0.1, 0.15) is 5.00 Å². The van der Waals surface area contributed by atoms with Crippen molar-refractivity contribution in [2.24, 2.45) is 0 Å². The van der Waals surface area contributed by atoms with Crippen molar-refractivity contribution in [2.45, 2.75) is 25.3 Å². The van der Waals surface area contributed by atoms with Crippen molar-refractivity contribution >= 4 is 22.4 Å². The highest BCUT2D eigenvalue weighted by Gasteiger charge is 2.30. The number of hydrogen-bond donors (Lipinski definition) is 1. The molecule has 0 radical (unpaired) electrons. The minimum absolute atomic E-state index is 0.219. The molecule has 3 nitrogen and oxygen atoms in total. The Bertz CT molecular complexity index is 293. The van der Waals surface area contributed by atoms with E-state index in [1.807, 2.05) is 17.5 Å². The van der Waals surface area contributed by atoms with Gasteiger partial charge in [-0.2, -0.15) is 0 Å². The number of amides is 1. The van der Waals surface area contributed by atoms with Crippen LogP contribution in [-0.2, 0) is 0 Å². The zero-order chi connectivity index (χ0) is 9.26. The van der Waals surface area contributed by atoms with Gasteiger partial charge in [0.15, 0.2) is 0 Å². The topological polar surface area (TPSA) is 40.5 Å². The fraction of sp³-hybridized carbons (Fsp3) is 0.444. The number of hydrogen-bond acceptors (Lipinski definition) is 2. The van der Waals surface area contributed by atoms with E-state index in [0.717, 1.165) is 24.3 Å². The van der Waals surface area contributed by atoms with Crippen LogP contribution in [0.5, 0.6) is 0 Å². The van der Waals surface area contributed by atoms with E-state index in [0.29, 0.717) is 0 Å². The Morgan fingerprint density at radius 2 is 2.38 bits per heavy atom.